The van der Waals surface area contributed by atoms with Gasteiger partial charge in [-0.05, 0) is 24.1 Å². The molecule has 8 heteroatoms. The first-order valence-electron chi connectivity index (χ1n) is 8.49. The molecule has 1 fully saturated rings. The minimum atomic E-state index is -0.623. The van der Waals surface area contributed by atoms with Gasteiger partial charge >= 0.3 is 0 Å². The molecule has 2 aromatic rings. The Balaban J connectivity index is 1.53. The van der Waals surface area contributed by atoms with Gasteiger partial charge < -0.3 is 15.4 Å². The number of hydrogen-bond acceptors (Lipinski definition) is 5. The normalized spacial score (nSPS) is 19.3. The molecule has 1 aromatic carbocycles. The molecule has 6 nitrogen and oxygen atoms in total. The molecule has 2 amide bonds. The van der Waals surface area contributed by atoms with E-state index in [1.165, 1.54) is 24.9 Å². The standard InChI is InChI=1S/C19H20FN3O3S/c1-26-19-13(6-4-8-21-19)10-22-17(24)15-11-27-16(18(25)23-15)9-12-5-2-3-7-14(12)20/h2-8,15-16H,9-11H2,1H3,(H,22,24)(H,23,25). The molecular formula is C19H20FN3O3S. The van der Waals surface area contributed by atoms with E-state index in [-0.39, 0.29) is 24.2 Å². The second-order valence-corrected chi connectivity index (χ2v) is 7.30. The van der Waals surface area contributed by atoms with Crippen LogP contribution < -0.4 is 15.4 Å². The highest BCUT2D eigenvalue weighted by Gasteiger charge is 2.32. The van der Waals surface area contributed by atoms with Crippen molar-refractivity contribution in [3.63, 3.8) is 0 Å². The highest BCUT2D eigenvalue weighted by Crippen LogP contribution is 2.23. The number of pyridine rings is 1. The van der Waals surface area contributed by atoms with Crippen LogP contribution in [0.15, 0.2) is 42.6 Å². The molecule has 1 aromatic heterocycles. The van der Waals surface area contributed by atoms with Crippen LogP contribution in [0.5, 0.6) is 5.88 Å². The zero-order valence-electron chi connectivity index (χ0n) is 14.8. The van der Waals surface area contributed by atoms with E-state index < -0.39 is 11.3 Å². The third kappa shape index (κ3) is 4.77. The average molecular weight is 389 g/mol. The maximum Gasteiger partial charge on any atom is 0.243 e. The molecule has 3 rings (SSSR count). The van der Waals surface area contributed by atoms with E-state index in [1.807, 2.05) is 6.07 Å². The lowest BCUT2D eigenvalue weighted by molar-refractivity contribution is -0.128. The van der Waals surface area contributed by atoms with Crippen LogP contribution in [-0.4, -0.2) is 41.0 Å². The summed E-state index contributed by atoms with van der Waals surface area (Å²) in [5, 5.41) is 5.11. The van der Waals surface area contributed by atoms with Crippen molar-refractivity contribution < 1.29 is 18.7 Å². The Morgan fingerprint density at radius 2 is 2.11 bits per heavy atom. The van der Waals surface area contributed by atoms with Crippen LogP contribution in [0.25, 0.3) is 0 Å². The van der Waals surface area contributed by atoms with E-state index in [0.717, 1.165) is 5.56 Å². The van der Waals surface area contributed by atoms with Gasteiger partial charge in [-0.15, -0.1) is 11.8 Å². The van der Waals surface area contributed by atoms with Crippen LogP contribution >= 0.6 is 11.8 Å². The van der Waals surface area contributed by atoms with Gasteiger partial charge in [0.05, 0.1) is 12.4 Å². The molecule has 2 atom stereocenters. The molecule has 1 saturated heterocycles. The smallest absolute Gasteiger partial charge is 0.243 e. The van der Waals surface area contributed by atoms with Crippen molar-refractivity contribution in [1.82, 2.24) is 15.6 Å². The van der Waals surface area contributed by atoms with E-state index in [2.05, 4.69) is 15.6 Å². The predicted molar refractivity (Wildman–Crippen MR) is 101 cm³/mol. The first-order chi connectivity index (χ1) is 13.1. The fourth-order valence-electron chi connectivity index (χ4n) is 2.80. The third-order valence-electron chi connectivity index (χ3n) is 4.25. The number of carbonyl (C=O) groups excluding carboxylic acids is 2. The molecule has 2 unspecified atom stereocenters. The Morgan fingerprint density at radius 1 is 1.33 bits per heavy atom. The number of benzene rings is 1. The number of nitrogens with zero attached hydrogens (tertiary/aromatic N) is 1. The van der Waals surface area contributed by atoms with Gasteiger partial charge in [0.15, 0.2) is 0 Å². The number of aromatic nitrogens is 1. The summed E-state index contributed by atoms with van der Waals surface area (Å²) in [5.41, 5.74) is 1.25. The van der Waals surface area contributed by atoms with Gasteiger partial charge in [-0.3, -0.25) is 9.59 Å². The highest BCUT2D eigenvalue weighted by molar-refractivity contribution is 8.00. The average Bonchev–Trinajstić information content (AvgIpc) is 2.69. The van der Waals surface area contributed by atoms with Crippen LogP contribution in [0.4, 0.5) is 4.39 Å². The van der Waals surface area contributed by atoms with Crippen molar-refractivity contribution in [2.75, 3.05) is 12.9 Å². The molecule has 27 heavy (non-hydrogen) atoms. The second-order valence-electron chi connectivity index (χ2n) is 6.07. The summed E-state index contributed by atoms with van der Waals surface area (Å²) >= 11 is 1.36. The number of ether oxygens (including phenoxy) is 1. The first-order valence-corrected chi connectivity index (χ1v) is 9.54. The monoisotopic (exact) mass is 389 g/mol. The number of rotatable bonds is 6. The second kappa shape index (κ2) is 8.85. The SMILES string of the molecule is COc1ncccc1CNC(=O)C1CSC(Cc2ccccc2F)C(=O)N1. The molecule has 0 bridgehead atoms. The summed E-state index contributed by atoms with van der Waals surface area (Å²) in [6, 6.07) is 9.35. The van der Waals surface area contributed by atoms with Gasteiger partial charge in [-0.1, -0.05) is 24.3 Å². The number of thioether (sulfide) groups is 1. The number of halogens is 1. The molecular weight excluding hydrogens is 369 g/mol. The first kappa shape index (κ1) is 19.2. The summed E-state index contributed by atoms with van der Waals surface area (Å²) in [6.07, 6.45) is 1.91. The minimum absolute atomic E-state index is 0.255. The lowest BCUT2D eigenvalue weighted by Crippen LogP contribution is -2.54. The Bertz CT molecular complexity index is 833. The fourth-order valence-corrected chi connectivity index (χ4v) is 3.98. The molecule has 0 saturated carbocycles. The van der Waals surface area contributed by atoms with Gasteiger partial charge in [-0.2, -0.15) is 0 Å². The maximum absolute atomic E-state index is 13.8. The zero-order chi connectivity index (χ0) is 19.2. The molecule has 2 heterocycles. The van der Waals surface area contributed by atoms with E-state index in [9.17, 15) is 14.0 Å². The molecule has 2 N–H and O–H groups in total. The number of hydrogen-bond donors (Lipinski definition) is 2. The summed E-state index contributed by atoms with van der Waals surface area (Å²) in [4.78, 5) is 28.8. The number of carbonyl (C=O) groups is 2. The van der Waals surface area contributed by atoms with Crippen molar-refractivity contribution in [1.29, 1.82) is 0 Å². The molecule has 0 spiro atoms. The fraction of sp³-hybridized carbons (Fsp3) is 0.316. The summed E-state index contributed by atoms with van der Waals surface area (Å²) in [6.45, 7) is 0.255. The molecule has 0 radical (unpaired) electrons. The van der Waals surface area contributed by atoms with Gasteiger partial charge in [0.2, 0.25) is 17.7 Å². The van der Waals surface area contributed by atoms with Crippen molar-refractivity contribution in [2.45, 2.75) is 24.3 Å². The van der Waals surface area contributed by atoms with Gasteiger partial charge in [0.1, 0.15) is 11.9 Å². The van der Waals surface area contributed by atoms with Crippen LogP contribution in [-0.2, 0) is 22.6 Å². The minimum Gasteiger partial charge on any atom is -0.481 e. The quantitative estimate of drug-likeness (QED) is 0.786. The largest absolute Gasteiger partial charge is 0.481 e. The van der Waals surface area contributed by atoms with E-state index >= 15 is 0 Å². The lowest BCUT2D eigenvalue weighted by Gasteiger charge is -2.28. The van der Waals surface area contributed by atoms with Gasteiger partial charge in [0.25, 0.3) is 0 Å². The van der Waals surface area contributed by atoms with E-state index in [0.29, 0.717) is 23.6 Å². The summed E-state index contributed by atoms with van der Waals surface area (Å²) in [5.74, 6) is 0.0293. The highest BCUT2D eigenvalue weighted by atomic mass is 32.2. The van der Waals surface area contributed by atoms with Crippen LogP contribution in [0, 0.1) is 5.82 Å². The van der Waals surface area contributed by atoms with Crippen LogP contribution in [0.3, 0.4) is 0 Å². The predicted octanol–water partition coefficient (Wildman–Crippen LogP) is 1.69. The topological polar surface area (TPSA) is 80.3 Å². The Morgan fingerprint density at radius 3 is 2.85 bits per heavy atom. The lowest BCUT2D eigenvalue weighted by atomic mass is 10.1. The van der Waals surface area contributed by atoms with Crippen molar-refractivity contribution >= 4 is 23.6 Å². The van der Waals surface area contributed by atoms with Crippen molar-refractivity contribution in [3.05, 3.63) is 59.5 Å². The van der Waals surface area contributed by atoms with Crippen molar-refractivity contribution in [2.24, 2.45) is 0 Å². The van der Waals surface area contributed by atoms with Crippen LogP contribution in [0.2, 0.25) is 0 Å². The summed E-state index contributed by atoms with van der Waals surface area (Å²) in [7, 11) is 1.52. The van der Waals surface area contributed by atoms with Crippen molar-refractivity contribution in [3.8, 4) is 5.88 Å². The zero-order valence-corrected chi connectivity index (χ0v) is 15.6. The number of amides is 2. The Labute approximate surface area is 160 Å². The summed E-state index contributed by atoms with van der Waals surface area (Å²) < 4.78 is 18.9. The number of methoxy groups -OCH3 is 1. The van der Waals surface area contributed by atoms with Gasteiger partial charge in [0, 0.05) is 24.1 Å². The Hall–Kier alpha value is -2.61. The molecule has 0 aliphatic carbocycles. The Kier molecular flexibility index (Phi) is 6.28. The molecule has 142 valence electrons. The van der Waals surface area contributed by atoms with Crippen LogP contribution in [0.1, 0.15) is 11.1 Å². The third-order valence-corrected chi connectivity index (χ3v) is 5.56. The van der Waals surface area contributed by atoms with E-state index in [1.54, 1.807) is 30.5 Å². The maximum atomic E-state index is 13.8. The molecule has 1 aliphatic heterocycles. The number of nitrogens with one attached hydrogen (secondary N) is 2. The van der Waals surface area contributed by atoms with E-state index in [4.69, 9.17) is 4.74 Å². The van der Waals surface area contributed by atoms with Gasteiger partial charge in [-0.25, -0.2) is 9.37 Å². The molecule has 1 aliphatic rings.